The first kappa shape index (κ1) is 29.3. The van der Waals surface area contributed by atoms with Gasteiger partial charge in [0.05, 0.1) is 40.6 Å². The quantitative estimate of drug-likeness (QED) is 0.232. The summed E-state index contributed by atoms with van der Waals surface area (Å²) in [6, 6.07) is 13.9. The summed E-state index contributed by atoms with van der Waals surface area (Å²) >= 11 is 0. The molecule has 1 saturated heterocycles. The number of para-hydroxylation sites is 1. The Balaban J connectivity index is 1.35. The number of carbonyl (C=O) groups is 2. The molecule has 2 N–H and O–H groups in total. The van der Waals surface area contributed by atoms with Crippen molar-refractivity contribution in [2.75, 3.05) is 0 Å². The molecule has 3 saturated carbocycles. The van der Waals surface area contributed by atoms with E-state index in [-0.39, 0.29) is 41.0 Å². The zero-order valence-electron chi connectivity index (χ0n) is 24.5. The van der Waals surface area contributed by atoms with Crippen LogP contribution in [0.5, 0.6) is 0 Å². The monoisotopic (exact) mass is 561 g/mol. The second kappa shape index (κ2) is 11.2. The Morgan fingerprint density at radius 3 is 2.39 bits per heavy atom. The summed E-state index contributed by atoms with van der Waals surface area (Å²) < 4.78 is 13.2. The second-order valence-electron chi connectivity index (χ2n) is 13.1. The number of benzene rings is 2. The van der Waals surface area contributed by atoms with E-state index < -0.39 is 35.5 Å². The van der Waals surface area contributed by atoms with Crippen LogP contribution in [0.4, 0.5) is 5.69 Å². The third-order valence-corrected chi connectivity index (χ3v) is 9.61. The highest BCUT2D eigenvalue weighted by Gasteiger charge is 2.68. The van der Waals surface area contributed by atoms with E-state index in [1.54, 1.807) is 48.5 Å². The lowest BCUT2D eigenvalue weighted by Crippen LogP contribution is -2.65. The molecule has 10 heteroatoms. The minimum absolute atomic E-state index is 0.0132. The Bertz CT molecular complexity index is 1300. The fourth-order valence-electron chi connectivity index (χ4n) is 7.29. The van der Waals surface area contributed by atoms with Gasteiger partial charge < -0.3 is 19.9 Å². The molecular weight excluding hydrogens is 521 g/mol. The first-order valence-corrected chi connectivity index (χ1v) is 14.6. The average molecular weight is 561 g/mol. The Morgan fingerprint density at radius 2 is 1.73 bits per heavy atom. The van der Waals surface area contributed by atoms with Gasteiger partial charge in [-0.25, -0.2) is 0 Å². The Hall–Kier alpha value is -3.24. The lowest BCUT2D eigenvalue weighted by Gasteiger charge is -2.64. The molecule has 1 heterocycles. The van der Waals surface area contributed by atoms with Gasteiger partial charge in [-0.1, -0.05) is 64.1 Å². The van der Waals surface area contributed by atoms with Gasteiger partial charge in [-0.2, -0.15) is 0 Å². The van der Waals surface area contributed by atoms with Gasteiger partial charge in [0.25, 0.3) is 11.6 Å². The molecule has 0 radical (unpaired) electrons. The Labute approximate surface area is 242 Å². The van der Waals surface area contributed by atoms with E-state index in [4.69, 9.17) is 9.31 Å². The van der Waals surface area contributed by atoms with Crippen LogP contribution in [-0.4, -0.2) is 41.5 Å². The predicted octanol–water partition coefficient (Wildman–Crippen LogP) is 5.25. The van der Waals surface area contributed by atoms with Gasteiger partial charge in [-0.05, 0) is 61.5 Å². The highest BCUT2D eigenvalue weighted by atomic mass is 16.7. The number of nitro benzene ring substituents is 1. The van der Waals surface area contributed by atoms with Gasteiger partial charge in [0.1, 0.15) is 0 Å². The fraction of sp³-hybridized carbons (Fsp3) is 0.548. The SMILES string of the molecule is CC(C)C[C@H](NC(=O)CC(NC(=O)c1ccccc1)c1ccccc1[N+](=O)[O-])B1O[C@@H]2C[C@@H]3C[C@@H](C3(C)C)[C@]2(C)O1. The van der Waals surface area contributed by atoms with E-state index in [0.717, 1.165) is 12.8 Å². The van der Waals surface area contributed by atoms with Gasteiger partial charge in [-0.15, -0.1) is 0 Å². The van der Waals surface area contributed by atoms with Crippen LogP contribution in [0.15, 0.2) is 54.6 Å². The summed E-state index contributed by atoms with van der Waals surface area (Å²) in [5, 5.41) is 17.8. The average Bonchev–Trinajstić information content (AvgIpc) is 3.29. The molecule has 41 heavy (non-hydrogen) atoms. The van der Waals surface area contributed by atoms with Gasteiger partial charge in [0, 0.05) is 11.6 Å². The minimum atomic E-state index is -0.914. The molecule has 2 aromatic rings. The predicted molar refractivity (Wildman–Crippen MR) is 156 cm³/mol. The molecular formula is C31H40BN3O6. The minimum Gasteiger partial charge on any atom is -0.404 e. The van der Waals surface area contributed by atoms with E-state index in [1.807, 2.05) is 0 Å². The molecule has 9 nitrogen and oxygen atoms in total. The number of nitrogens with one attached hydrogen (secondary N) is 2. The summed E-state index contributed by atoms with van der Waals surface area (Å²) in [7, 11) is -0.588. The number of amides is 2. The largest absolute Gasteiger partial charge is 0.481 e. The van der Waals surface area contributed by atoms with Crippen LogP contribution in [0, 0.1) is 33.3 Å². The van der Waals surface area contributed by atoms with E-state index in [2.05, 4.69) is 45.3 Å². The van der Waals surface area contributed by atoms with Crippen molar-refractivity contribution in [3.05, 3.63) is 75.8 Å². The number of hydrogen-bond donors (Lipinski definition) is 2. The molecule has 2 amide bonds. The summed E-state index contributed by atoms with van der Waals surface area (Å²) in [5.41, 5.74) is 0.318. The molecule has 4 fully saturated rings. The number of nitrogens with zero attached hydrogens (tertiary/aromatic N) is 1. The second-order valence-corrected chi connectivity index (χ2v) is 13.1. The molecule has 4 aliphatic rings. The van der Waals surface area contributed by atoms with Crippen molar-refractivity contribution >= 4 is 24.6 Å². The smallest absolute Gasteiger partial charge is 0.404 e. The van der Waals surface area contributed by atoms with Crippen LogP contribution in [0.25, 0.3) is 0 Å². The van der Waals surface area contributed by atoms with Gasteiger partial charge in [0.15, 0.2) is 0 Å². The Kier molecular flexibility index (Phi) is 8.00. The van der Waals surface area contributed by atoms with E-state index in [1.165, 1.54) is 6.07 Å². The number of nitro groups is 1. The van der Waals surface area contributed by atoms with E-state index in [0.29, 0.717) is 23.8 Å². The normalized spacial score (nSPS) is 27.4. The van der Waals surface area contributed by atoms with Crippen molar-refractivity contribution in [2.24, 2.45) is 23.2 Å². The maximum Gasteiger partial charge on any atom is 0.481 e. The number of rotatable bonds is 10. The molecule has 6 atom stereocenters. The van der Waals surface area contributed by atoms with Crippen LogP contribution in [0.1, 0.15) is 82.3 Å². The molecule has 2 bridgehead atoms. The Morgan fingerprint density at radius 1 is 1.05 bits per heavy atom. The molecule has 2 aromatic carbocycles. The molecule has 3 aliphatic carbocycles. The highest BCUT2D eigenvalue weighted by molar-refractivity contribution is 6.47. The zero-order chi connectivity index (χ0) is 29.5. The van der Waals surface area contributed by atoms with Gasteiger partial charge in [-0.3, -0.25) is 19.7 Å². The lowest BCUT2D eigenvalue weighted by molar-refractivity contribution is -0.385. The number of hydrogen-bond acceptors (Lipinski definition) is 6. The molecule has 1 aliphatic heterocycles. The van der Waals surface area contributed by atoms with Crippen LogP contribution < -0.4 is 10.6 Å². The van der Waals surface area contributed by atoms with Gasteiger partial charge in [0.2, 0.25) is 5.91 Å². The molecule has 6 rings (SSSR count). The van der Waals surface area contributed by atoms with Crippen LogP contribution in [0.3, 0.4) is 0 Å². The van der Waals surface area contributed by atoms with Crippen molar-refractivity contribution in [3.8, 4) is 0 Å². The van der Waals surface area contributed by atoms with Crippen molar-refractivity contribution in [3.63, 3.8) is 0 Å². The third-order valence-electron chi connectivity index (χ3n) is 9.61. The molecule has 0 aromatic heterocycles. The van der Waals surface area contributed by atoms with E-state index >= 15 is 0 Å². The summed E-state index contributed by atoms with van der Waals surface area (Å²) in [5.74, 6) is 0.112. The number of carbonyl (C=O) groups excluding carboxylic acids is 2. The maximum atomic E-state index is 13.6. The van der Waals surface area contributed by atoms with Crippen LogP contribution in [-0.2, 0) is 14.1 Å². The van der Waals surface area contributed by atoms with E-state index in [9.17, 15) is 19.7 Å². The standard InChI is InChI=1S/C31H40BN3O6/c1-19(2)15-27(32-40-26-17-21-16-25(30(21,3)4)31(26,5)41-32)34-28(36)18-23(22-13-9-10-14-24(22)35(38)39)33-29(37)20-11-7-6-8-12-20/h6-14,19,21,23,25-27H,15-18H2,1-5H3,(H,33,37)(H,34,36)/t21-,23?,25-,26+,27-,31-/m0/s1. The van der Waals surface area contributed by atoms with Crippen molar-refractivity contribution in [1.29, 1.82) is 0 Å². The summed E-state index contributed by atoms with van der Waals surface area (Å²) in [4.78, 5) is 38.0. The lowest BCUT2D eigenvalue weighted by atomic mass is 9.43. The molecule has 218 valence electrons. The first-order valence-electron chi connectivity index (χ1n) is 14.6. The third kappa shape index (κ3) is 5.64. The van der Waals surface area contributed by atoms with Gasteiger partial charge >= 0.3 is 7.12 Å². The topological polar surface area (TPSA) is 120 Å². The fourth-order valence-corrected chi connectivity index (χ4v) is 7.29. The molecule has 0 spiro atoms. The van der Waals surface area contributed by atoms with Crippen molar-refractivity contribution in [1.82, 2.24) is 10.6 Å². The van der Waals surface area contributed by atoms with Crippen molar-refractivity contribution < 1.29 is 23.8 Å². The highest BCUT2D eigenvalue weighted by Crippen LogP contribution is 2.65. The first-order chi connectivity index (χ1) is 19.4. The zero-order valence-corrected chi connectivity index (χ0v) is 24.5. The molecule has 1 unspecified atom stereocenters. The summed E-state index contributed by atoms with van der Waals surface area (Å²) in [6.07, 6.45) is 2.53. The van der Waals surface area contributed by atoms with Crippen LogP contribution in [0.2, 0.25) is 0 Å². The summed E-state index contributed by atoms with van der Waals surface area (Å²) in [6.45, 7) is 10.9. The van der Waals surface area contributed by atoms with Crippen molar-refractivity contribution in [2.45, 2.75) is 84.0 Å². The van der Waals surface area contributed by atoms with Crippen LogP contribution >= 0.6 is 0 Å². The maximum absolute atomic E-state index is 13.6.